The zero-order chi connectivity index (χ0) is 13.5. The van der Waals surface area contributed by atoms with Gasteiger partial charge in [-0.25, -0.2) is 5.11 Å². The molecule has 0 aliphatic heterocycles. The van der Waals surface area contributed by atoms with Crippen LogP contribution in [0.15, 0.2) is 42.5 Å². The minimum Gasteiger partial charge on any atom is -0.232 e. The second kappa shape index (κ2) is 4.60. The standard InChI is InChI=1S/C19H17O/c20-12-15-11-14-6-2-3-7-16(14)18-10-9-13-5-1-4-8-17(13)19(15)18/h2-3,6-7,9-11H,1,4-5,8,12H2. The fourth-order valence-corrected chi connectivity index (χ4v) is 3.66. The molecule has 1 aliphatic rings. The van der Waals surface area contributed by atoms with Gasteiger partial charge < -0.3 is 0 Å². The summed E-state index contributed by atoms with van der Waals surface area (Å²) in [4.78, 5) is 0. The van der Waals surface area contributed by atoms with E-state index in [4.69, 9.17) is 0 Å². The predicted octanol–water partition coefficient (Wildman–Crippen LogP) is 4.80. The van der Waals surface area contributed by atoms with Gasteiger partial charge in [0, 0.05) is 0 Å². The van der Waals surface area contributed by atoms with E-state index in [0.29, 0.717) is 0 Å². The maximum absolute atomic E-state index is 11.7. The van der Waals surface area contributed by atoms with Crippen LogP contribution in [0.5, 0.6) is 0 Å². The first-order valence-corrected chi connectivity index (χ1v) is 7.41. The lowest BCUT2D eigenvalue weighted by Crippen LogP contribution is -2.04. The monoisotopic (exact) mass is 261 g/mol. The molecule has 1 aliphatic carbocycles. The normalized spacial score (nSPS) is 14.7. The Hall–Kier alpha value is -1.86. The molecule has 4 rings (SSSR count). The van der Waals surface area contributed by atoms with Crippen LogP contribution < -0.4 is 0 Å². The molecular weight excluding hydrogens is 244 g/mol. The summed E-state index contributed by atoms with van der Waals surface area (Å²) in [6, 6.07) is 15.0. The van der Waals surface area contributed by atoms with Crippen molar-refractivity contribution < 1.29 is 5.11 Å². The van der Waals surface area contributed by atoms with Gasteiger partial charge in [-0.2, -0.15) is 0 Å². The van der Waals surface area contributed by atoms with Crippen LogP contribution in [-0.4, -0.2) is 0 Å². The van der Waals surface area contributed by atoms with E-state index in [2.05, 4.69) is 36.4 Å². The topological polar surface area (TPSA) is 19.9 Å². The minimum absolute atomic E-state index is 0.127. The van der Waals surface area contributed by atoms with E-state index >= 15 is 0 Å². The molecule has 3 aromatic rings. The Bertz CT molecular complexity index is 802. The molecule has 20 heavy (non-hydrogen) atoms. The van der Waals surface area contributed by atoms with Gasteiger partial charge >= 0.3 is 0 Å². The minimum atomic E-state index is -0.127. The van der Waals surface area contributed by atoms with Gasteiger partial charge in [0.05, 0.1) is 0 Å². The van der Waals surface area contributed by atoms with Crippen molar-refractivity contribution in [1.29, 1.82) is 0 Å². The smallest absolute Gasteiger partial charge is 0.108 e. The maximum Gasteiger partial charge on any atom is 0.108 e. The highest BCUT2D eigenvalue weighted by Gasteiger charge is 2.16. The average Bonchev–Trinajstić information content (AvgIpc) is 2.53. The van der Waals surface area contributed by atoms with Crippen molar-refractivity contribution in [3.8, 4) is 0 Å². The van der Waals surface area contributed by atoms with Crippen LogP contribution in [0, 0.1) is 0 Å². The Morgan fingerprint density at radius 2 is 1.75 bits per heavy atom. The Morgan fingerprint density at radius 1 is 0.900 bits per heavy atom. The number of benzene rings is 3. The molecule has 0 atom stereocenters. The van der Waals surface area contributed by atoms with Gasteiger partial charge in [-0.1, -0.05) is 36.4 Å². The van der Waals surface area contributed by atoms with Crippen LogP contribution >= 0.6 is 0 Å². The third kappa shape index (κ3) is 1.66. The molecule has 0 aromatic heterocycles. The molecule has 0 unspecified atom stereocenters. The Morgan fingerprint density at radius 3 is 2.65 bits per heavy atom. The van der Waals surface area contributed by atoms with Gasteiger partial charge in [-0.05, 0) is 70.0 Å². The van der Waals surface area contributed by atoms with Crippen molar-refractivity contribution in [2.24, 2.45) is 0 Å². The molecule has 0 spiro atoms. The van der Waals surface area contributed by atoms with Crippen molar-refractivity contribution in [3.63, 3.8) is 0 Å². The second-order valence-corrected chi connectivity index (χ2v) is 5.73. The third-order valence-electron chi connectivity index (χ3n) is 4.59. The van der Waals surface area contributed by atoms with E-state index < -0.39 is 0 Å². The zero-order valence-electron chi connectivity index (χ0n) is 11.5. The van der Waals surface area contributed by atoms with Crippen LogP contribution in [0.1, 0.15) is 29.5 Å². The van der Waals surface area contributed by atoms with Crippen molar-refractivity contribution in [2.45, 2.75) is 32.3 Å². The molecule has 1 nitrogen and oxygen atoms in total. The number of fused-ring (bicyclic) bond motifs is 5. The molecular formula is C19H17O. The number of aryl methyl sites for hydroxylation is 2. The predicted molar refractivity (Wildman–Crippen MR) is 82.5 cm³/mol. The van der Waals surface area contributed by atoms with E-state index in [9.17, 15) is 5.11 Å². The SMILES string of the molecule is [O]Cc1cc2ccccc2c2ccc3c(c12)CCCC3. The number of hydrogen-bond donors (Lipinski definition) is 0. The van der Waals surface area contributed by atoms with Crippen molar-refractivity contribution in [2.75, 3.05) is 0 Å². The summed E-state index contributed by atoms with van der Waals surface area (Å²) >= 11 is 0. The van der Waals surface area contributed by atoms with Gasteiger partial charge in [0.1, 0.15) is 6.61 Å². The molecule has 99 valence electrons. The summed E-state index contributed by atoms with van der Waals surface area (Å²) in [6.45, 7) is -0.127. The molecule has 0 N–H and O–H groups in total. The van der Waals surface area contributed by atoms with E-state index in [1.54, 1.807) is 0 Å². The lowest BCUT2D eigenvalue weighted by atomic mass is 9.84. The molecule has 0 saturated carbocycles. The molecule has 1 heteroatoms. The summed E-state index contributed by atoms with van der Waals surface area (Å²) in [7, 11) is 0. The van der Waals surface area contributed by atoms with E-state index in [1.807, 2.05) is 6.07 Å². The van der Waals surface area contributed by atoms with Crippen molar-refractivity contribution in [1.82, 2.24) is 0 Å². The van der Waals surface area contributed by atoms with Crippen molar-refractivity contribution >= 4 is 21.5 Å². The largest absolute Gasteiger partial charge is 0.232 e. The molecule has 0 bridgehead atoms. The van der Waals surface area contributed by atoms with Gasteiger partial charge in [-0.15, -0.1) is 0 Å². The summed E-state index contributed by atoms with van der Waals surface area (Å²) < 4.78 is 0. The Balaban J connectivity index is 2.19. The zero-order valence-corrected chi connectivity index (χ0v) is 11.5. The lowest BCUT2D eigenvalue weighted by Gasteiger charge is -2.20. The highest BCUT2D eigenvalue weighted by Crippen LogP contribution is 2.35. The van der Waals surface area contributed by atoms with Crippen molar-refractivity contribution in [3.05, 3.63) is 59.2 Å². The Labute approximate surface area is 118 Å². The number of rotatable bonds is 1. The quantitative estimate of drug-likeness (QED) is 0.561. The van der Waals surface area contributed by atoms with Crippen LogP contribution in [0.4, 0.5) is 0 Å². The summed E-state index contributed by atoms with van der Waals surface area (Å²) in [5.74, 6) is 0. The third-order valence-corrected chi connectivity index (χ3v) is 4.59. The Kier molecular flexibility index (Phi) is 2.75. The fourth-order valence-electron chi connectivity index (χ4n) is 3.66. The molecule has 3 aromatic carbocycles. The highest BCUT2D eigenvalue weighted by atomic mass is 16.3. The van der Waals surface area contributed by atoms with Gasteiger partial charge in [0.25, 0.3) is 0 Å². The van der Waals surface area contributed by atoms with E-state index in [-0.39, 0.29) is 6.61 Å². The summed E-state index contributed by atoms with van der Waals surface area (Å²) in [5.41, 5.74) is 3.86. The molecule has 0 amide bonds. The second-order valence-electron chi connectivity index (χ2n) is 5.73. The van der Waals surface area contributed by atoms with Gasteiger partial charge in [0.15, 0.2) is 0 Å². The maximum atomic E-state index is 11.7. The van der Waals surface area contributed by atoms with Crippen LogP contribution in [0.25, 0.3) is 21.5 Å². The first-order chi connectivity index (χ1) is 9.88. The first kappa shape index (κ1) is 11.9. The van der Waals surface area contributed by atoms with Gasteiger partial charge in [-0.3, -0.25) is 0 Å². The van der Waals surface area contributed by atoms with E-state index in [0.717, 1.165) is 18.4 Å². The fraction of sp³-hybridized carbons (Fsp3) is 0.263. The highest BCUT2D eigenvalue weighted by molar-refractivity contribution is 6.10. The van der Waals surface area contributed by atoms with Crippen LogP contribution in [-0.2, 0) is 24.6 Å². The average molecular weight is 261 g/mol. The lowest BCUT2D eigenvalue weighted by molar-refractivity contribution is 0.179. The first-order valence-electron chi connectivity index (χ1n) is 7.41. The molecule has 1 radical (unpaired) electrons. The molecule has 0 fully saturated rings. The van der Waals surface area contributed by atoms with Gasteiger partial charge in [0.2, 0.25) is 0 Å². The number of hydrogen-bond acceptors (Lipinski definition) is 0. The van der Waals surface area contributed by atoms with E-state index in [1.165, 1.54) is 45.5 Å². The molecule has 0 heterocycles. The summed E-state index contributed by atoms with van der Waals surface area (Å²) in [5, 5.41) is 16.6. The molecule has 0 saturated heterocycles. The summed E-state index contributed by atoms with van der Waals surface area (Å²) in [6.07, 6.45) is 4.81. The van der Waals surface area contributed by atoms with Crippen LogP contribution in [0.3, 0.4) is 0 Å². The van der Waals surface area contributed by atoms with Crippen LogP contribution in [0.2, 0.25) is 0 Å².